The maximum atomic E-state index is 5.41. The van der Waals surface area contributed by atoms with E-state index in [0.29, 0.717) is 5.92 Å². The Balaban J connectivity index is 1.89. The van der Waals surface area contributed by atoms with E-state index in [2.05, 4.69) is 21.0 Å². The summed E-state index contributed by atoms with van der Waals surface area (Å²) in [5, 5.41) is 4.22. The van der Waals surface area contributed by atoms with E-state index in [1.54, 1.807) is 0 Å². The van der Waals surface area contributed by atoms with Crippen LogP contribution < -0.4 is 0 Å². The van der Waals surface area contributed by atoms with E-state index in [4.69, 9.17) is 4.74 Å². The van der Waals surface area contributed by atoms with Crippen molar-refractivity contribution >= 4 is 15.9 Å². The lowest BCUT2D eigenvalue weighted by Crippen LogP contribution is -2.22. The van der Waals surface area contributed by atoms with Crippen molar-refractivity contribution in [3.63, 3.8) is 0 Å². The van der Waals surface area contributed by atoms with Gasteiger partial charge in [0, 0.05) is 25.3 Å². The van der Waals surface area contributed by atoms with Gasteiger partial charge < -0.3 is 4.74 Å². The van der Waals surface area contributed by atoms with E-state index in [1.807, 2.05) is 17.1 Å². The summed E-state index contributed by atoms with van der Waals surface area (Å²) in [5.41, 5.74) is 0. The quantitative estimate of drug-likeness (QED) is 0.797. The van der Waals surface area contributed by atoms with E-state index in [9.17, 15) is 0 Å². The predicted octanol–water partition coefficient (Wildman–Crippen LogP) is 2.07. The molecule has 0 aromatic carbocycles. The van der Waals surface area contributed by atoms with Gasteiger partial charge in [-0.25, -0.2) is 0 Å². The first-order valence-electron chi connectivity index (χ1n) is 4.60. The van der Waals surface area contributed by atoms with Crippen LogP contribution in [0.1, 0.15) is 12.8 Å². The molecule has 0 radical (unpaired) electrons. The summed E-state index contributed by atoms with van der Waals surface area (Å²) in [5.74, 6) is 0.639. The van der Waals surface area contributed by atoms with Gasteiger partial charge in [0.15, 0.2) is 0 Å². The number of halogens is 1. The summed E-state index contributed by atoms with van der Waals surface area (Å²) in [4.78, 5) is 0. The second-order valence-corrected chi connectivity index (χ2v) is 4.38. The van der Waals surface area contributed by atoms with Crippen LogP contribution in [0, 0.1) is 5.92 Å². The third-order valence-electron chi connectivity index (χ3n) is 2.30. The first-order chi connectivity index (χ1) is 6.34. The molecule has 2 heterocycles. The Morgan fingerprint density at radius 2 is 2.62 bits per heavy atom. The van der Waals surface area contributed by atoms with Crippen molar-refractivity contribution in [2.75, 3.05) is 13.2 Å². The highest BCUT2D eigenvalue weighted by Gasteiger charge is 2.14. The minimum Gasteiger partial charge on any atom is -0.381 e. The van der Waals surface area contributed by atoms with Crippen LogP contribution in [0.15, 0.2) is 16.9 Å². The van der Waals surface area contributed by atoms with Crippen molar-refractivity contribution in [2.45, 2.75) is 19.4 Å². The lowest BCUT2D eigenvalue weighted by Gasteiger charge is -2.21. The summed E-state index contributed by atoms with van der Waals surface area (Å²) in [6.45, 7) is 2.79. The van der Waals surface area contributed by atoms with Crippen molar-refractivity contribution in [2.24, 2.45) is 5.92 Å². The number of ether oxygens (including phenoxy) is 1. The second-order valence-electron chi connectivity index (χ2n) is 3.46. The van der Waals surface area contributed by atoms with E-state index in [1.165, 1.54) is 12.8 Å². The molecule has 0 amide bonds. The van der Waals surface area contributed by atoms with E-state index in [0.717, 1.165) is 24.2 Å². The molecule has 0 N–H and O–H groups in total. The average Bonchev–Trinajstić information content (AvgIpc) is 2.53. The summed E-state index contributed by atoms with van der Waals surface area (Å²) in [7, 11) is 0. The van der Waals surface area contributed by atoms with Crippen molar-refractivity contribution in [1.29, 1.82) is 0 Å². The molecule has 13 heavy (non-hydrogen) atoms. The zero-order chi connectivity index (χ0) is 9.10. The topological polar surface area (TPSA) is 27.1 Å². The Kier molecular flexibility index (Phi) is 3.01. The fraction of sp³-hybridized carbons (Fsp3) is 0.667. The van der Waals surface area contributed by atoms with Crippen LogP contribution in [-0.2, 0) is 11.3 Å². The van der Waals surface area contributed by atoms with Gasteiger partial charge in [-0.2, -0.15) is 5.10 Å². The number of aromatic nitrogens is 2. The fourth-order valence-corrected chi connectivity index (χ4v) is 1.98. The Hall–Kier alpha value is -0.350. The van der Waals surface area contributed by atoms with Crippen LogP contribution in [0.4, 0.5) is 0 Å². The highest BCUT2D eigenvalue weighted by Crippen LogP contribution is 2.16. The molecule has 1 saturated heterocycles. The Morgan fingerprint density at radius 3 is 3.23 bits per heavy atom. The number of rotatable bonds is 2. The molecule has 0 bridgehead atoms. The maximum Gasteiger partial charge on any atom is 0.0632 e. The molecule has 0 aliphatic carbocycles. The van der Waals surface area contributed by atoms with Crippen LogP contribution >= 0.6 is 15.9 Å². The summed E-state index contributed by atoms with van der Waals surface area (Å²) >= 11 is 3.38. The monoisotopic (exact) mass is 244 g/mol. The standard InChI is InChI=1S/C9H13BrN2O/c10-9-4-11-12(6-9)5-8-2-1-3-13-7-8/h4,6,8H,1-3,5,7H2/t8-/m1/s1. The SMILES string of the molecule is Brc1cnn(C[C@H]2CCCOC2)c1. The van der Waals surface area contributed by atoms with E-state index in [-0.39, 0.29) is 0 Å². The normalized spacial score (nSPS) is 23.3. The van der Waals surface area contributed by atoms with Crippen LogP contribution in [0.5, 0.6) is 0 Å². The molecule has 1 atom stereocenters. The average molecular weight is 245 g/mol. The molecule has 1 aromatic rings. The Labute approximate surface area is 86.2 Å². The lowest BCUT2D eigenvalue weighted by molar-refractivity contribution is 0.0470. The lowest BCUT2D eigenvalue weighted by atomic mass is 10.0. The van der Waals surface area contributed by atoms with Gasteiger partial charge in [0.25, 0.3) is 0 Å². The largest absolute Gasteiger partial charge is 0.381 e. The molecule has 3 nitrogen and oxygen atoms in total. The van der Waals surface area contributed by atoms with Crippen LogP contribution in [-0.4, -0.2) is 23.0 Å². The summed E-state index contributed by atoms with van der Waals surface area (Å²) in [6.07, 6.45) is 6.28. The van der Waals surface area contributed by atoms with Gasteiger partial charge in [0.05, 0.1) is 17.3 Å². The zero-order valence-electron chi connectivity index (χ0n) is 7.45. The van der Waals surface area contributed by atoms with E-state index < -0.39 is 0 Å². The highest BCUT2D eigenvalue weighted by molar-refractivity contribution is 9.10. The summed E-state index contributed by atoms with van der Waals surface area (Å²) in [6, 6.07) is 0. The first-order valence-corrected chi connectivity index (χ1v) is 5.39. The third-order valence-corrected chi connectivity index (χ3v) is 2.71. The van der Waals surface area contributed by atoms with Gasteiger partial charge in [-0.05, 0) is 28.8 Å². The Bertz CT molecular complexity index is 268. The molecule has 4 heteroatoms. The van der Waals surface area contributed by atoms with Crippen molar-refractivity contribution in [1.82, 2.24) is 9.78 Å². The minimum atomic E-state index is 0.639. The van der Waals surface area contributed by atoms with Gasteiger partial charge in [0.2, 0.25) is 0 Å². The molecule has 1 fully saturated rings. The smallest absolute Gasteiger partial charge is 0.0632 e. The van der Waals surface area contributed by atoms with Gasteiger partial charge in [-0.15, -0.1) is 0 Å². The number of nitrogens with zero attached hydrogens (tertiary/aromatic N) is 2. The Morgan fingerprint density at radius 1 is 1.69 bits per heavy atom. The van der Waals surface area contributed by atoms with Gasteiger partial charge in [-0.1, -0.05) is 0 Å². The van der Waals surface area contributed by atoms with Crippen LogP contribution in [0.3, 0.4) is 0 Å². The van der Waals surface area contributed by atoms with Gasteiger partial charge >= 0.3 is 0 Å². The van der Waals surface area contributed by atoms with Crippen LogP contribution in [0.25, 0.3) is 0 Å². The molecule has 1 aliphatic heterocycles. The van der Waals surface area contributed by atoms with E-state index >= 15 is 0 Å². The fourth-order valence-electron chi connectivity index (χ4n) is 1.65. The van der Waals surface area contributed by atoms with Crippen molar-refractivity contribution in [3.05, 3.63) is 16.9 Å². The van der Waals surface area contributed by atoms with Crippen LogP contribution in [0.2, 0.25) is 0 Å². The van der Waals surface area contributed by atoms with Gasteiger partial charge in [-0.3, -0.25) is 4.68 Å². The molecule has 2 rings (SSSR count). The molecule has 0 unspecified atom stereocenters. The summed E-state index contributed by atoms with van der Waals surface area (Å²) < 4.78 is 8.43. The molecular weight excluding hydrogens is 232 g/mol. The molecule has 1 aliphatic rings. The van der Waals surface area contributed by atoms with Crippen molar-refractivity contribution in [3.8, 4) is 0 Å². The molecule has 0 spiro atoms. The number of hydrogen-bond donors (Lipinski definition) is 0. The molecule has 72 valence electrons. The zero-order valence-corrected chi connectivity index (χ0v) is 9.03. The molecular formula is C9H13BrN2O. The van der Waals surface area contributed by atoms with Crippen molar-refractivity contribution < 1.29 is 4.74 Å². The van der Waals surface area contributed by atoms with Gasteiger partial charge in [0.1, 0.15) is 0 Å². The predicted molar refractivity (Wildman–Crippen MR) is 53.5 cm³/mol. The maximum absolute atomic E-state index is 5.41. The number of hydrogen-bond acceptors (Lipinski definition) is 2. The highest BCUT2D eigenvalue weighted by atomic mass is 79.9. The molecule has 1 aromatic heterocycles. The molecule has 0 saturated carbocycles. The minimum absolute atomic E-state index is 0.639. The first kappa shape index (κ1) is 9.21. The third kappa shape index (κ3) is 2.54. The second kappa shape index (κ2) is 4.24.